The van der Waals surface area contributed by atoms with E-state index in [1.165, 1.54) is 0 Å². The molecular formula is C16H27ClN2O2. The Kier molecular flexibility index (Phi) is 8.55. The normalized spacial score (nSPS) is 12.4. The predicted octanol–water partition coefficient (Wildman–Crippen LogP) is 2.46. The lowest BCUT2D eigenvalue weighted by Gasteiger charge is -2.29. The number of hydrogen-bond acceptors (Lipinski definition) is 3. The number of hydrogen-bond donors (Lipinski definition) is 1. The van der Waals surface area contributed by atoms with Gasteiger partial charge in [0.25, 0.3) is 0 Å². The molecule has 1 aromatic carbocycles. The summed E-state index contributed by atoms with van der Waals surface area (Å²) in [6.07, 6.45) is 0. The van der Waals surface area contributed by atoms with Gasteiger partial charge in [0.05, 0.1) is 19.3 Å². The Bertz CT molecular complexity index is 418. The number of likely N-dealkylation sites (N-methyl/N-ethyl adjacent to an activating group) is 1. The van der Waals surface area contributed by atoms with Gasteiger partial charge in [-0.2, -0.15) is 0 Å². The van der Waals surface area contributed by atoms with E-state index >= 15 is 0 Å². The molecule has 21 heavy (non-hydrogen) atoms. The number of carbonyl (C=O) groups excluding carboxylic acids is 1. The molecule has 0 aromatic heterocycles. The van der Waals surface area contributed by atoms with Crippen molar-refractivity contribution in [2.45, 2.75) is 33.4 Å². The fourth-order valence-corrected chi connectivity index (χ4v) is 1.68. The second kappa shape index (κ2) is 9.03. The third-order valence-electron chi connectivity index (χ3n) is 3.26. The van der Waals surface area contributed by atoms with E-state index in [0.29, 0.717) is 19.8 Å². The van der Waals surface area contributed by atoms with Crippen LogP contribution in [-0.2, 0) is 16.1 Å². The van der Waals surface area contributed by atoms with E-state index in [1.807, 2.05) is 51.1 Å². The van der Waals surface area contributed by atoms with Gasteiger partial charge in [-0.1, -0.05) is 51.1 Å². The second-order valence-electron chi connectivity index (χ2n) is 6.14. The molecule has 1 atom stereocenters. The molecule has 0 aliphatic carbocycles. The largest absolute Gasteiger partial charge is 0.375 e. The fraction of sp³-hybridized carbons (Fsp3) is 0.562. The highest BCUT2D eigenvalue weighted by molar-refractivity contribution is 5.85. The Hall–Kier alpha value is -1.10. The molecule has 1 amide bonds. The van der Waals surface area contributed by atoms with Crippen LogP contribution in [-0.4, -0.2) is 37.0 Å². The van der Waals surface area contributed by atoms with Crippen molar-refractivity contribution >= 4 is 18.3 Å². The topological polar surface area (TPSA) is 55.6 Å². The summed E-state index contributed by atoms with van der Waals surface area (Å²) in [6.45, 7) is 7.53. The summed E-state index contributed by atoms with van der Waals surface area (Å²) in [7, 11) is 1.76. The third kappa shape index (κ3) is 6.93. The van der Waals surface area contributed by atoms with Crippen LogP contribution < -0.4 is 5.73 Å². The molecule has 5 heteroatoms. The maximum absolute atomic E-state index is 12.1. The van der Waals surface area contributed by atoms with Crippen LogP contribution in [0.15, 0.2) is 30.3 Å². The minimum atomic E-state index is -0.485. The van der Waals surface area contributed by atoms with Crippen LogP contribution in [0, 0.1) is 5.41 Å². The number of carbonyl (C=O) groups is 1. The van der Waals surface area contributed by atoms with Crippen LogP contribution in [0.5, 0.6) is 0 Å². The molecule has 0 spiro atoms. The lowest BCUT2D eigenvalue weighted by molar-refractivity contribution is -0.134. The molecule has 0 heterocycles. The minimum absolute atomic E-state index is 0. The second-order valence-corrected chi connectivity index (χ2v) is 6.14. The van der Waals surface area contributed by atoms with Gasteiger partial charge in [0, 0.05) is 13.6 Å². The van der Waals surface area contributed by atoms with Crippen molar-refractivity contribution in [2.24, 2.45) is 11.1 Å². The average molecular weight is 315 g/mol. The Morgan fingerprint density at radius 3 is 2.38 bits per heavy atom. The zero-order valence-electron chi connectivity index (χ0n) is 13.3. The first-order valence-electron chi connectivity index (χ1n) is 6.94. The SMILES string of the molecule is CN(CCOCc1ccccc1)C(=O)[C@@H](N)C(C)(C)C.Cl. The molecular weight excluding hydrogens is 288 g/mol. The minimum Gasteiger partial charge on any atom is -0.375 e. The average Bonchev–Trinajstić information content (AvgIpc) is 2.41. The number of nitrogens with two attached hydrogens (primary N) is 1. The summed E-state index contributed by atoms with van der Waals surface area (Å²) in [5.74, 6) is -0.0409. The summed E-state index contributed by atoms with van der Waals surface area (Å²) >= 11 is 0. The van der Waals surface area contributed by atoms with E-state index in [4.69, 9.17) is 10.5 Å². The van der Waals surface area contributed by atoms with E-state index in [1.54, 1.807) is 11.9 Å². The molecule has 0 bridgehead atoms. The molecule has 1 rings (SSSR count). The highest BCUT2D eigenvalue weighted by atomic mass is 35.5. The molecule has 0 unspecified atom stereocenters. The maximum Gasteiger partial charge on any atom is 0.239 e. The molecule has 2 N–H and O–H groups in total. The Labute approximate surface area is 134 Å². The van der Waals surface area contributed by atoms with Gasteiger partial charge in [-0.25, -0.2) is 0 Å². The molecule has 0 saturated heterocycles. The van der Waals surface area contributed by atoms with Gasteiger partial charge < -0.3 is 15.4 Å². The summed E-state index contributed by atoms with van der Waals surface area (Å²) in [6, 6.07) is 9.49. The molecule has 120 valence electrons. The first-order valence-corrected chi connectivity index (χ1v) is 6.94. The van der Waals surface area contributed by atoms with Crippen molar-refractivity contribution in [3.63, 3.8) is 0 Å². The molecule has 1 aromatic rings. The van der Waals surface area contributed by atoms with Gasteiger partial charge in [-0.15, -0.1) is 12.4 Å². The van der Waals surface area contributed by atoms with Gasteiger partial charge >= 0.3 is 0 Å². The number of nitrogens with zero attached hydrogens (tertiary/aromatic N) is 1. The standard InChI is InChI=1S/C16H26N2O2.ClH/c1-16(2,3)14(17)15(19)18(4)10-11-20-12-13-8-6-5-7-9-13;/h5-9,14H,10-12,17H2,1-4H3;1H/t14-;/m1./s1. The quantitative estimate of drug-likeness (QED) is 0.821. The number of ether oxygens (including phenoxy) is 1. The van der Waals surface area contributed by atoms with Gasteiger partial charge in [0.1, 0.15) is 0 Å². The monoisotopic (exact) mass is 314 g/mol. The van der Waals surface area contributed by atoms with Crippen molar-refractivity contribution in [3.8, 4) is 0 Å². The Morgan fingerprint density at radius 1 is 1.29 bits per heavy atom. The molecule has 0 aliphatic heterocycles. The predicted molar refractivity (Wildman–Crippen MR) is 88.4 cm³/mol. The number of benzene rings is 1. The summed E-state index contributed by atoms with van der Waals surface area (Å²) in [4.78, 5) is 13.7. The Balaban J connectivity index is 0.00000400. The zero-order chi connectivity index (χ0) is 15.2. The van der Waals surface area contributed by atoms with Gasteiger partial charge in [0.15, 0.2) is 0 Å². The Morgan fingerprint density at radius 2 is 1.86 bits per heavy atom. The highest BCUT2D eigenvalue weighted by Crippen LogP contribution is 2.18. The van der Waals surface area contributed by atoms with Gasteiger partial charge in [-0.05, 0) is 11.0 Å². The highest BCUT2D eigenvalue weighted by Gasteiger charge is 2.29. The van der Waals surface area contributed by atoms with Crippen LogP contribution in [0.3, 0.4) is 0 Å². The van der Waals surface area contributed by atoms with Crippen molar-refractivity contribution in [1.29, 1.82) is 0 Å². The van der Waals surface area contributed by atoms with Crippen molar-refractivity contribution in [1.82, 2.24) is 4.90 Å². The van der Waals surface area contributed by atoms with Crippen LogP contribution in [0.1, 0.15) is 26.3 Å². The maximum atomic E-state index is 12.1. The number of halogens is 1. The van der Waals surface area contributed by atoms with Crippen molar-refractivity contribution in [2.75, 3.05) is 20.2 Å². The number of amides is 1. The lowest BCUT2D eigenvalue weighted by Crippen LogP contribution is -2.49. The van der Waals surface area contributed by atoms with E-state index in [-0.39, 0.29) is 23.7 Å². The summed E-state index contributed by atoms with van der Waals surface area (Å²) in [5, 5.41) is 0. The van der Waals surface area contributed by atoms with Crippen LogP contribution in [0.2, 0.25) is 0 Å². The van der Waals surface area contributed by atoms with Crippen molar-refractivity contribution < 1.29 is 9.53 Å². The van der Waals surface area contributed by atoms with E-state index in [0.717, 1.165) is 5.56 Å². The molecule has 0 fully saturated rings. The summed E-state index contributed by atoms with van der Waals surface area (Å²) < 4.78 is 5.57. The molecule has 0 aliphatic rings. The van der Waals surface area contributed by atoms with Crippen LogP contribution in [0.25, 0.3) is 0 Å². The van der Waals surface area contributed by atoms with Crippen molar-refractivity contribution in [3.05, 3.63) is 35.9 Å². The third-order valence-corrected chi connectivity index (χ3v) is 3.26. The smallest absolute Gasteiger partial charge is 0.239 e. The van der Waals surface area contributed by atoms with Gasteiger partial charge in [-0.3, -0.25) is 4.79 Å². The first-order chi connectivity index (χ1) is 9.32. The van der Waals surface area contributed by atoms with Crippen LogP contribution in [0.4, 0.5) is 0 Å². The molecule has 0 radical (unpaired) electrons. The molecule has 4 nitrogen and oxygen atoms in total. The fourth-order valence-electron chi connectivity index (χ4n) is 1.68. The first kappa shape index (κ1) is 19.9. The zero-order valence-corrected chi connectivity index (χ0v) is 14.2. The van der Waals surface area contributed by atoms with E-state index in [2.05, 4.69) is 0 Å². The van der Waals surface area contributed by atoms with E-state index in [9.17, 15) is 4.79 Å². The molecule has 0 saturated carbocycles. The van der Waals surface area contributed by atoms with Gasteiger partial charge in [0.2, 0.25) is 5.91 Å². The van der Waals surface area contributed by atoms with E-state index < -0.39 is 6.04 Å². The number of rotatable bonds is 6. The lowest BCUT2D eigenvalue weighted by atomic mass is 9.86. The summed E-state index contributed by atoms with van der Waals surface area (Å²) in [5.41, 5.74) is 6.86. The van der Waals surface area contributed by atoms with Crippen LogP contribution >= 0.6 is 12.4 Å².